The van der Waals surface area contributed by atoms with E-state index in [4.69, 9.17) is 4.74 Å². The topological polar surface area (TPSA) is 58.6 Å². The lowest BCUT2D eigenvalue weighted by molar-refractivity contribution is -0.121. The van der Waals surface area contributed by atoms with Crippen molar-refractivity contribution in [1.29, 1.82) is 0 Å². The van der Waals surface area contributed by atoms with Gasteiger partial charge in [-0.3, -0.25) is 4.79 Å². The fraction of sp³-hybridized carbons (Fsp3) is 0.409. The molecule has 0 saturated carbocycles. The molecule has 0 bridgehead atoms. The molecule has 2 aromatic rings. The molecule has 0 aliphatic carbocycles. The number of para-hydroxylation sites is 1. The molecule has 0 atom stereocenters. The van der Waals surface area contributed by atoms with E-state index in [0.29, 0.717) is 13.0 Å². The molecule has 4 nitrogen and oxygen atoms in total. The van der Waals surface area contributed by atoms with Gasteiger partial charge in [0.25, 0.3) is 0 Å². The predicted octanol–water partition coefficient (Wildman–Crippen LogP) is 4.25. The summed E-state index contributed by atoms with van der Waals surface area (Å²) in [5.74, 6) is 1.28. The van der Waals surface area contributed by atoms with Gasteiger partial charge >= 0.3 is 0 Å². The molecule has 0 aliphatic rings. The maximum Gasteiger partial charge on any atom is 0.220 e. The van der Waals surface area contributed by atoms with Gasteiger partial charge in [0.1, 0.15) is 11.5 Å². The number of hydrogen-bond acceptors (Lipinski definition) is 3. The molecule has 0 aliphatic heterocycles. The average molecular weight is 355 g/mol. The van der Waals surface area contributed by atoms with Crippen LogP contribution in [0.1, 0.15) is 44.2 Å². The molecule has 0 fully saturated rings. The van der Waals surface area contributed by atoms with Crippen molar-refractivity contribution in [2.24, 2.45) is 0 Å². The number of aromatic hydroxyl groups is 1. The fourth-order valence-electron chi connectivity index (χ4n) is 2.78. The predicted molar refractivity (Wildman–Crippen MR) is 105 cm³/mol. The molecular formula is C22H29NO3. The number of amides is 1. The Hall–Kier alpha value is -2.49. The molecule has 140 valence electrons. The number of phenols is 1. The van der Waals surface area contributed by atoms with Crippen molar-refractivity contribution >= 4 is 5.91 Å². The third kappa shape index (κ3) is 7.18. The first-order chi connectivity index (χ1) is 12.5. The summed E-state index contributed by atoms with van der Waals surface area (Å²) in [6, 6.07) is 15.2. The summed E-state index contributed by atoms with van der Waals surface area (Å²) in [4.78, 5) is 12.0. The highest BCUT2D eigenvalue weighted by molar-refractivity contribution is 5.75. The Morgan fingerprint density at radius 2 is 1.77 bits per heavy atom. The summed E-state index contributed by atoms with van der Waals surface area (Å²) in [6.45, 7) is 4.64. The van der Waals surface area contributed by atoms with Crippen LogP contribution in [0.2, 0.25) is 0 Å². The van der Waals surface area contributed by atoms with Crippen LogP contribution in [0.25, 0.3) is 0 Å². The van der Waals surface area contributed by atoms with Crippen LogP contribution >= 0.6 is 0 Å². The molecule has 0 radical (unpaired) electrons. The minimum absolute atomic E-state index is 0.0953. The third-order valence-corrected chi connectivity index (χ3v) is 4.11. The van der Waals surface area contributed by atoms with Crippen molar-refractivity contribution in [3.05, 3.63) is 59.7 Å². The lowest BCUT2D eigenvalue weighted by Gasteiger charge is -2.14. The number of nitrogens with one attached hydrogen (secondary N) is 1. The Labute approximate surface area is 156 Å². The van der Waals surface area contributed by atoms with Crippen molar-refractivity contribution in [2.75, 3.05) is 6.54 Å². The molecule has 0 spiro atoms. The molecule has 0 saturated heterocycles. The van der Waals surface area contributed by atoms with Crippen molar-refractivity contribution in [3.63, 3.8) is 0 Å². The first-order valence-electron chi connectivity index (χ1n) is 9.34. The Bertz CT molecular complexity index is 680. The van der Waals surface area contributed by atoms with Gasteiger partial charge in [0.15, 0.2) is 0 Å². The average Bonchev–Trinajstić information content (AvgIpc) is 2.61. The van der Waals surface area contributed by atoms with Crippen LogP contribution in [0.15, 0.2) is 48.5 Å². The van der Waals surface area contributed by atoms with E-state index in [0.717, 1.165) is 37.0 Å². The van der Waals surface area contributed by atoms with Crippen LogP contribution in [0, 0.1) is 0 Å². The second-order valence-electron chi connectivity index (χ2n) is 6.75. The van der Waals surface area contributed by atoms with E-state index in [-0.39, 0.29) is 17.8 Å². The Morgan fingerprint density at radius 1 is 1.04 bits per heavy atom. The van der Waals surface area contributed by atoms with Gasteiger partial charge in [0, 0.05) is 13.0 Å². The number of benzene rings is 2. The normalized spacial score (nSPS) is 10.7. The van der Waals surface area contributed by atoms with Crippen molar-refractivity contribution in [2.45, 2.75) is 52.1 Å². The largest absolute Gasteiger partial charge is 0.508 e. The van der Waals surface area contributed by atoms with Gasteiger partial charge in [0.2, 0.25) is 5.91 Å². The smallest absolute Gasteiger partial charge is 0.220 e. The minimum atomic E-state index is 0.0953. The van der Waals surface area contributed by atoms with E-state index in [2.05, 4.69) is 5.32 Å². The van der Waals surface area contributed by atoms with Crippen LogP contribution in [-0.4, -0.2) is 23.7 Å². The van der Waals surface area contributed by atoms with Crippen molar-refractivity contribution in [3.8, 4) is 11.5 Å². The van der Waals surface area contributed by atoms with E-state index in [1.807, 2.05) is 50.2 Å². The number of rotatable bonds is 10. The zero-order valence-electron chi connectivity index (χ0n) is 15.7. The fourth-order valence-corrected chi connectivity index (χ4v) is 2.78. The van der Waals surface area contributed by atoms with E-state index in [1.54, 1.807) is 12.1 Å². The van der Waals surface area contributed by atoms with E-state index < -0.39 is 0 Å². The van der Waals surface area contributed by atoms with Gasteiger partial charge in [-0.15, -0.1) is 0 Å². The van der Waals surface area contributed by atoms with E-state index in [9.17, 15) is 9.90 Å². The Morgan fingerprint density at radius 3 is 2.50 bits per heavy atom. The van der Waals surface area contributed by atoms with Crippen LogP contribution in [0.5, 0.6) is 11.5 Å². The monoisotopic (exact) mass is 355 g/mol. The molecule has 0 unspecified atom stereocenters. The Kier molecular flexibility index (Phi) is 8.00. The van der Waals surface area contributed by atoms with Crippen molar-refractivity contribution in [1.82, 2.24) is 5.32 Å². The Balaban J connectivity index is 1.64. The summed E-state index contributed by atoms with van der Waals surface area (Å²) in [5, 5.41) is 12.3. The maximum atomic E-state index is 12.0. The standard InChI is InChI=1S/C22H29NO3/c1-17(2)26-21-9-5-4-8-19(21)15-16-23-22(25)10-6-3-7-18-11-13-20(24)14-12-18/h4-5,8-9,11-14,17,24H,3,6-7,10,15-16H2,1-2H3,(H,23,25). The SMILES string of the molecule is CC(C)Oc1ccccc1CCNC(=O)CCCCc1ccc(O)cc1. The number of carbonyl (C=O) groups is 1. The van der Waals surface area contributed by atoms with Gasteiger partial charge in [0.05, 0.1) is 6.10 Å². The van der Waals surface area contributed by atoms with E-state index in [1.165, 1.54) is 5.56 Å². The van der Waals surface area contributed by atoms with Gasteiger partial charge in [-0.1, -0.05) is 30.3 Å². The molecule has 2 aromatic carbocycles. The highest BCUT2D eigenvalue weighted by atomic mass is 16.5. The third-order valence-electron chi connectivity index (χ3n) is 4.11. The molecule has 2 N–H and O–H groups in total. The number of carbonyl (C=O) groups excluding carboxylic acids is 1. The molecule has 0 aromatic heterocycles. The summed E-state index contributed by atoms with van der Waals surface area (Å²) in [5.41, 5.74) is 2.30. The van der Waals surface area contributed by atoms with E-state index >= 15 is 0 Å². The van der Waals surface area contributed by atoms with Gasteiger partial charge < -0.3 is 15.2 Å². The second kappa shape index (κ2) is 10.5. The minimum Gasteiger partial charge on any atom is -0.508 e. The number of unbranched alkanes of at least 4 members (excludes halogenated alkanes) is 1. The highest BCUT2D eigenvalue weighted by Gasteiger charge is 2.06. The van der Waals surface area contributed by atoms with Crippen LogP contribution < -0.4 is 10.1 Å². The number of aryl methyl sites for hydroxylation is 1. The van der Waals surface area contributed by atoms with Gasteiger partial charge in [-0.25, -0.2) is 0 Å². The summed E-state index contributed by atoms with van der Waals surface area (Å²) < 4.78 is 5.80. The van der Waals surface area contributed by atoms with Crippen LogP contribution in [0.3, 0.4) is 0 Å². The number of phenolic OH excluding ortho intramolecular Hbond substituents is 1. The summed E-state index contributed by atoms with van der Waals surface area (Å²) in [7, 11) is 0. The molecule has 2 rings (SSSR count). The quantitative estimate of drug-likeness (QED) is 0.626. The second-order valence-corrected chi connectivity index (χ2v) is 6.75. The lowest BCUT2D eigenvalue weighted by Crippen LogP contribution is -2.25. The number of hydrogen-bond donors (Lipinski definition) is 2. The first kappa shape index (κ1) is 19.8. The molecular weight excluding hydrogens is 326 g/mol. The molecule has 0 heterocycles. The zero-order valence-corrected chi connectivity index (χ0v) is 15.7. The van der Waals surface area contributed by atoms with Gasteiger partial charge in [-0.05, 0) is 68.9 Å². The lowest BCUT2D eigenvalue weighted by atomic mass is 10.1. The molecule has 26 heavy (non-hydrogen) atoms. The highest BCUT2D eigenvalue weighted by Crippen LogP contribution is 2.19. The number of ether oxygens (including phenoxy) is 1. The van der Waals surface area contributed by atoms with Crippen molar-refractivity contribution < 1.29 is 14.6 Å². The first-order valence-corrected chi connectivity index (χ1v) is 9.34. The van der Waals surface area contributed by atoms with Crippen LogP contribution in [0.4, 0.5) is 0 Å². The summed E-state index contributed by atoms with van der Waals surface area (Å²) in [6.07, 6.45) is 4.19. The molecule has 1 amide bonds. The summed E-state index contributed by atoms with van der Waals surface area (Å²) >= 11 is 0. The maximum absolute atomic E-state index is 12.0. The van der Waals surface area contributed by atoms with Crippen LogP contribution in [-0.2, 0) is 17.6 Å². The molecule has 4 heteroatoms. The zero-order chi connectivity index (χ0) is 18.8. The van der Waals surface area contributed by atoms with Gasteiger partial charge in [-0.2, -0.15) is 0 Å².